The minimum Gasteiger partial charge on any atom is -0.497 e. The monoisotopic (exact) mass is 401 g/mol. The molecule has 0 N–H and O–H groups in total. The number of benzene rings is 2. The van der Waals surface area contributed by atoms with E-state index >= 15 is 0 Å². The number of anilines is 2. The van der Waals surface area contributed by atoms with E-state index in [1.165, 1.54) is 12.8 Å². The van der Waals surface area contributed by atoms with Gasteiger partial charge in [0, 0.05) is 48.5 Å². The Labute approximate surface area is 174 Å². The van der Waals surface area contributed by atoms with Crippen LogP contribution in [-0.4, -0.2) is 40.5 Å². The van der Waals surface area contributed by atoms with Gasteiger partial charge < -0.3 is 14.4 Å². The topological polar surface area (TPSA) is 65.3 Å². The summed E-state index contributed by atoms with van der Waals surface area (Å²) in [5, 5.41) is 4.26. The zero-order chi connectivity index (χ0) is 20.5. The Morgan fingerprint density at radius 2 is 1.80 bits per heavy atom. The summed E-state index contributed by atoms with van der Waals surface area (Å²) in [5.41, 5.74) is 3.78. The van der Waals surface area contributed by atoms with Crippen molar-refractivity contribution in [3.8, 4) is 17.3 Å². The van der Waals surface area contributed by atoms with E-state index in [9.17, 15) is 0 Å². The van der Waals surface area contributed by atoms with Crippen molar-refractivity contribution >= 4 is 22.4 Å². The molecule has 2 aromatic carbocycles. The highest BCUT2D eigenvalue weighted by molar-refractivity contribution is 5.81. The van der Waals surface area contributed by atoms with Crippen LogP contribution in [-0.2, 0) is 0 Å². The van der Waals surface area contributed by atoms with Gasteiger partial charge in [-0.2, -0.15) is 5.10 Å². The minimum absolute atomic E-state index is 0.694. The number of aromatic nitrogens is 4. The zero-order valence-electron chi connectivity index (χ0n) is 17.0. The molecule has 4 aromatic rings. The van der Waals surface area contributed by atoms with Crippen LogP contribution in [0.15, 0.2) is 61.1 Å². The molecule has 1 saturated carbocycles. The number of hydrogen-bond acceptors (Lipinski definition) is 6. The summed E-state index contributed by atoms with van der Waals surface area (Å²) in [6.45, 7) is 0.939. The Morgan fingerprint density at radius 3 is 2.47 bits per heavy atom. The molecule has 0 aliphatic heterocycles. The molecule has 0 bridgehead atoms. The molecule has 0 spiro atoms. The molecule has 1 fully saturated rings. The van der Waals surface area contributed by atoms with Crippen LogP contribution in [0.1, 0.15) is 12.8 Å². The quantitative estimate of drug-likeness (QED) is 0.458. The molecule has 1 aliphatic carbocycles. The van der Waals surface area contributed by atoms with E-state index in [1.807, 2.05) is 36.5 Å². The number of fused-ring (bicyclic) bond motifs is 1. The van der Waals surface area contributed by atoms with Crippen molar-refractivity contribution in [2.45, 2.75) is 12.8 Å². The van der Waals surface area contributed by atoms with Crippen LogP contribution in [0.4, 0.5) is 11.4 Å². The first kappa shape index (κ1) is 18.4. The second kappa shape index (κ2) is 7.67. The van der Waals surface area contributed by atoms with Crippen molar-refractivity contribution in [3.05, 3.63) is 61.1 Å². The molecule has 7 nitrogen and oxygen atoms in total. The van der Waals surface area contributed by atoms with Gasteiger partial charge in [0.15, 0.2) is 5.82 Å². The number of hydrogen-bond donors (Lipinski definition) is 0. The SMILES string of the molecule is COc1cc(OC)cc(N(CC2CC2)c2ccc3ncc(-n4cccn4)nc3c2)c1. The first-order valence-electron chi connectivity index (χ1n) is 10.0. The normalized spacial score (nSPS) is 13.4. The maximum atomic E-state index is 5.49. The van der Waals surface area contributed by atoms with E-state index < -0.39 is 0 Å². The van der Waals surface area contributed by atoms with Crippen molar-refractivity contribution in [2.75, 3.05) is 25.7 Å². The molecule has 0 unspecified atom stereocenters. The first-order chi connectivity index (χ1) is 14.7. The fourth-order valence-electron chi connectivity index (χ4n) is 3.54. The third kappa shape index (κ3) is 3.66. The van der Waals surface area contributed by atoms with E-state index in [-0.39, 0.29) is 0 Å². The minimum atomic E-state index is 0.694. The van der Waals surface area contributed by atoms with Gasteiger partial charge in [-0.15, -0.1) is 0 Å². The second-order valence-electron chi connectivity index (χ2n) is 7.48. The van der Waals surface area contributed by atoms with E-state index in [1.54, 1.807) is 31.3 Å². The highest BCUT2D eigenvalue weighted by Gasteiger charge is 2.26. The van der Waals surface area contributed by atoms with Crippen LogP contribution in [0, 0.1) is 5.92 Å². The Balaban J connectivity index is 1.58. The number of rotatable bonds is 7. The molecule has 5 rings (SSSR count). The fraction of sp³-hybridized carbons (Fsp3) is 0.261. The lowest BCUT2D eigenvalue weighted by Gasteiger charge is -2.26. The Hall–Kier alpha value is -3.61. The van der Waals surface area contributed by atoms with Gasteiger partial charge in [-0.05, 0) is 43.0 Å². The summed E-state index contributed by atoms with van der Waals surface area (Å²) in [7, 11) is 3.35. The molecule has 2 heterocycles. The molecule has 0 atom stereocenters. The van der Waals surface area contributed by atoms with Crippen LogP contribution in [0.2, 0.25) is 0 Å². The third-order valence-electron chi connectivity index (χ3n) is 5.35. The molecule has 0 saturated heterocycles. The number of nitrogens with zero attached hydrogens (tertiary/aromatic N) is 5. The van der Waals surface area contributed by atoms with Crippen LogP contribution in [0.5, 0.6) is 11.5 Å². The number of ether oxygens (including phenoxy) is 2. The Morgan fingerprint density at radius 1 is 1.00 bits per heavy atom. The molecule has 0 amide bonds. The lowest BCUT2D eigenvalue weighted by molar-refractivity contribution is 0.394. The molecule has 2 aromatic heterocycles. The highest BCUT2D eigenvalue weighted by Crippen LogP contribution is 2.38. The van der Waals surface area contributed by atoms with Crippen LogP contribution >= 0.6 is 0 Å². The molecule has 7 heteroatoms. The van der Waals surface area contributed by atoms with E-state index in [4.69, 9.17) is 14.5 Å². The molecular weight excluding hydrogens is 378 g/mol. The van der Waals surface area contributed by atoms with E-state index in [0.29, 0.717) is 11.7 Å². The van der Waals surface area contributed by atoms with Gasteiger partial charge in [-0.3, -0.25) is 4.98 Å². The average Bonchev–Trinajstić information content (AvgIpc) is 3.45. The van der Waals surface area contributed by atoms with Gasteiger partial charge in [-0.1, -0.05) is 0 Å². The predicted molar refractivity (Wildman–Crippen MR) is 116 cm³/mol. The molecular formula is C23H23N5O2. The smallest absolute Gasteiger partial charge is 0.172 e. The summed E-state index contributed by atoms with van der Waals surface area (Å²) in [6, 6.07) is 14.0. The third-order valence-corrected chi connectivity index (χ3v) is 5.35. The van der Waals surface area contributed by atoms with Crippen LogP contribution in [0.25, 0.3) is 16.9 Å². The second-order valence-corrected chi connectivity index (χ2v) is 7.48. The Bertz CT molecular complexity index is 1150. The van der Waals surface area contributed by atoms with Gasteiger partial charge >= 0.3 is 0 Å². The largest absolute Gasteiger partial charge is 0.497 e. The van der Waals surface area contributed by atoms with Gasteiger partial charge in [-0.25, -0.2) is 9.67 Å². The van der Waals surface area contributed by atoms with E-state index in [2.05, 4.69) is 27.1 Å². The maximum Gasteiger partial charge on any atom is 0.172 e. The molecule has 30 heavy (non-hydrogen) atoms. The average molecular weight is 401 g/mol. The zero-order valence-corrected chi connectivity index (χ0v) is 17.0. The lowest BCUT2D eigenvalue weighted by Crippen LogP contribution is -2.20. The standard InChI is InChI=1S/C23H23N5O2/c1-29-19-10-18(11-20(13-19)30-2)27(15-16-4-5-16)17-6-7-21-22(12-17)26-23(14-24-21)28-9-3-8-25-28/h3,6-14,16H,4-5,15H2,1-2H3. The van der Waals surface area contributed by atoms with Gasteiger partial charge in [0.2, 0.25) is 0 Å². The summed E-state index contributed by atoms with van der Waals surface area (Å²) < 4.78 is 12.7. The van der Waals surface area contributed by atoms with Crippen molar-refractivity contribution < 1.29 is 9.47 Å². The van der Waals surface area contributed by atoms with Crippen molar-refractivity contribution in [2.24, 2.45) is 5.92 Å². The molecule has 0 radical (unpaired) electrons. The predicted octanol–water partition coefficient (Wildman–Crippen LogP) is 4.38. The fourth-order valence-corrected chi connectivity index (χ4v) is 3.54. The first-order valence-corrected chi connectivity index (χ1v) is 10.0. The van der Waals surface area contributed by atoms with Crippen LogP contribution in [0.3, 0.4) is 0 Å². The molecule has 152 valence electrons. The summed E-state index contributed by atoms with van der Waals surface area (Å²) in [5.74, 6) is 2.93. The van der Waals surface area contributed by atoms with Crippen LogP contribution < -0.4 is 14.4 Å². The van der Waals surface area contributed by atoms with Gasteiger partial charge in [0.1, 0.15) is 11.5 Å². The summed E-state index contributed by atoms with van der Waals surface area (Å²) in [4.78, 5) is 11.6. The van der Waals surface area contributed by atoms with Gasteiger partial charge in [0.25, 0.3) is 0 Å². The van der Waals surface area contributed by atoms with E-state index in [0.717, 1.165) is 40.5 Å². The maximum absolute atomic E-state index is 5.49. The van der Waals surface area contributed by atoms with Crippen molar-refractivity contribution in [3.63, 3.8) is 0 Å². The Kier molecular flexibility index (Phi) is 4.71. The van der Waals surface area contributed by atoms with Gasteiger partial charge in [0.05, 0.1) is 31.4 Å². The summed E-state index contributed by atoms with van der Waals surface area (Å²) >= 11 is 0. The lowest BCUT2D eigenvalue weighted by atomic mass is 10.2. The van der Waals surface area contributed by atoms with Crippen molar-refractivity contribution in [1.29, 1.82) is 0 Å². The van der Waals surface area contributed by atoms with Crippen molar-refractivity contribution in [1.82, 2.24) is 19.7 Å². The molecule has 1 aliphatic rings. The summed E-state index contributed by atoms with van der Waals surface area (Å²) in [6.07, 6.45) is 7.85. The highest BCUT2D eigenvalue weighted by atomic mass is 16.5. The number of methoxy groups -OCH3 is 2.